The summed E-state index contributed by atoms with van der Waals surface area (Å²) in [4.78, 5) is 50.2. The van der Waals surface area contributed by atoms with Gasteiger partial charge in [-0.05, 0) is 72.6 Å². The number of hydrogen-bond acceptors (Lipinski definition) is 6. The molecule has 4 amide bonds. The van der Waals surface area contributed by atoms with Gasteiger partial charge >= 0.3 is 0 Å². The van der Waals surface area contributed by atoms with E-state index in [9.17, 15) is 27.6 Å². The van der Waals surface area contributed by atoms with Gasteiger partial charge in [-0.2, -0.15) is 4.31 Å². The van der Waals surface area contributed by atoms with Crippen molar-refractivity contribution in [3.63, 3.8) is 0 Å². The van der Waals surface area contributed by atoms with Crippen molar-refractivity contribution in [1.29, 1.82) is 0 Å². The molecular weight excluding hydrogens is 556 g/mol. The average molecular weight is 583 g/mol. The first-order valence-electron chi connectivity index (χ1n) is 12.3. The third-order valence-corrected chi connectivity index (χ3v) is 8.36. The van der Waals surface area contributed by atoms with Crippen molar-refractivity contribution >= 4 is 62.3 Å². The molecule has 4 rings (SSSR count). The van der Waals surface area contributed by atoms with Crippen molar-refractivity contribution < 1.29 is 27.6 Å². The van der Waals surface area contributed by atoms with Gasteiger partial charge in [0.2, 0.25) is 27.7 Å². The minimum absolute atomic E-state index is 0.0882. The number of nitrogens with one attached hydrogen (secondary N) is 2. The number of sulfonamides is 1. The molecule has 1 saturated heterocycles. The van der Waals surface area contributed by atoms with Crippen LogP contribution in [0.2, 0.25) is 5.02 Å². The summed E-state index contributed by atoms with van der Waals surface area (Å²) in [6.45, 7) is 2.61. The van der Waals surface area contributed by atoms with Crippen molar-refractivity contribution in [3.8, 4) is 0 Å². The van der Waals surface area contributed by atoms with Gasteiger partial charge in [0.1, 0.15) is 6.04 Å². The fourth-order valence-corrected chi connectivity index (χ4v) is 6.23. The van der Waals surface area contributed by atoms with Gasteiger partial charge in [0, 0.05) is 36.8 Å². The predicted octanol–water partition coefficient (Wildman–Crippen LogP) is 3.82. The van der Waals surface area contributed by atoms with Gasteiger partial charge in [-0.25, -0.2) is 13.3 Å². The van der Waals surface area contributed by atoms with Crippen LogP contribution < -0.4 is 15.5 Å². The molecule has 2 N–H and O–H groups in total. The van der Waals surface area contributed by atoms with Gasteiger partial charge in [-0.3, -0.25) is 19.2 Å². The van der Waals surface area contributed by atoms with Crippen LogP contribution in [0.1, 0.15) is 25.8 Å². The third kappa shape index (κ3) is 6.56. The van der Waals surface area contributed by atoms with Crippen LogP contribution in [-0.4, -0.2) is 48.9 Å². The Morgan fingerprint density at radius 2 is 1.50 bits per heavy atom. The number of hydrogen-bond donors (Lipinski definition) is 2. The summed E-state index contributed by atoms with van der Waals surface area (Å²) in [6.07, 6.45) is -0.0990. The quantitative estimate of drug-likeness (QED) is 0.369. The summed E-state index contributed by atoms with van der Waals surface area (Å²) in [7, 11) is -4.25. The van der Waals surface area contributed by atoms with E-state index in [1.54, 1.807) is 36.4 Å². The van der Waals surface area contributed by atoms with E-state index in [1.807, 2.05) is 0 Å². The number of carbonyl (C=O) groups excluding carboxylic acids is 4. The Balaban J connectivity index is 1.66. The Bertz CT molecular complexity index is 1560. The highest BCUT2D eigenvalue weighted by Crippen LogP contribution is 2.31. The lowest BCUT2D eigenvalue weighted by Crippen LogP contribution is -2.46. The van der Waals surface area contributed by atoms with E-state index in [0.717, 1.165) is 14.8 Å². The fraction of sp³-hybridized carbons (Fsp3) is 0.214. The Labute approximate surface area is 237 Å². The highest BCUT2D eigenvalue weighted by Gasteiger charge is 2.46. The lowest BCUT2D eigenvalue weighted by molar-refractivity contribution is -0.122. The topological polar surface area (TPSA) is 133 Å². The maximum absolute atomic E-state index is 13.9. The number of anilines is 3. The minimum Gasteiger partial charge on any atom is -0.326 e. The highest BCUT2D eigenvalue weighted by atomic mass is 35.5. The molecule has 1 aliphatic rings. The molecule has 1 heterocycles. The van der Waals surface area contributed by atoms with Crippen molar-refractivity contribution in [3.05, 3.63) is 83.4 Å². The summed E-state index contributed by atoms with van der Waals surface area (Å²) in [5, 5.41) is 5.68. The van der Waals surface area contributed by atoms with Gasteiger partial charge in [0.15, 0.2) is 0 Å². The van der Waals surface area contributed by atoms with Crippen LogP contribution in [0.5, 0.6) is 0 Å². The van der Waals surface area contributed by atoms with E-state index in [-0.39, 0.29) is 41.8 Å². The average Bonchev–Trinajstić information content (AvgIpc) is 3.17. The molecule has 40 heavy (non-hydrogen) atoms. The number of nitrogens with zero attached hydrogens (tertiary/aromatic N) is 2. The molecule has 0 radical (unpaired) electrons. The van der Waals surface area contributed by atoms with E-state index < -0.39 is 27.9 Å². The van der Waals surface area contributed by atoms with Crippen LogP contribution in [0.15, 0.2) is 77.7 Å². The number of imide groups is 1. The Hall–Kier alpha value is -4.06. The monoisotopic (exact) mass is 582 g/mol. The Kier molecular flexibility index (Phi) is 8.67. The molecule has 1 unspecified atom stereocenters. The van der Waals surface area contributed by atoms with Gasteiger partial charge in [0.05, 0.1) is 17.0 Å². The van der Waals surface area contributed by atoms with E-state index in [1.165, 1.54) is 50.2 Å². The van der Waals surface area contributed by atoms with E-state index >= 15 is 0 Å². The lowest BCUT2D eigenvalue weighted by atomic mass is 10.1. The van der Waals surface area contributed by atoms with Crippen LogP contribution >= 0.6 is 11.6 Å². The molecular formula is C28H27ClN4O6S. The zero-order chi connectivity index (χ0) is 29.0. The minimum atomic E-state index is -4.25. The predicted molar refractivity (Wildman–Crippen MR) is 151 cm³/mol. The second-order valence-corrected chi connectivity index (χ2v) is 11.5. The summed E-state index contributed by atoms with van der Waals surface area (Å²) in [5.74, 6) is -1.81. The van der Waals surface area contributed by atoms with E-state index in [4.69, 9.17) is 11.6 Å². The zero-order valence-electron chi connectivity index (χ0n) is 21.8. The fourth-order valence-electron chi connectivity index (χ4n) is 4.43. The van der Waals surface area contributed by atoms with Crippen LogP contribution in [-0.2, 0) is 35.6 Å². The first-order chi connectivity index (χ1) is 19.0. The second-order valence-electron chi connectivity index (χ2n) is 9.22. The molecule has 1 aliphatic heterocycles. The van der Waals surface area contributed by atoms with Gasteiger partial charge in [0.25, 0.3) is 5.91 Å². The number of halogens is 1. The molecule has 208 valence electrons. The standard InChI is InChI=1S/C28H27ClN4O6S/c1-18(34)30-22-6-10-24(11-7-22)33-27(36)17-26(28(33)37)32(15-14-20-4-3-5-21(29)16-20)40(38,39)25-12-8-23(9-13-25)31-19(2)35/h3-13,16,26H,14-15,17H2,1-2H3,(H,30,34)(H,31,35). The SMILES string of the molecule is CC(=O)Nc1ccc(N2C(=O)CC(N(CCc3cccc(Cl)c3)S(=O)(=O)c3ccc(NC(C)=O)cc3)C2=O)cc1. The Morgan fingerprint density at radius 3 is 2.05 bits per heavy atom. The number of carbonyl (C=O) groups is 4. The van der Waals surface area contributed by atoms with Crippen LogP contribution in [0, 0.1) is 0 Å². The maximum atomic E-state index is 13.9. The number of rotatable bonds is 9. The highest BCUT2D eigenvalue weighted by molar-refractivity contribution is 7.89. The number of benzene rings is 3. The third-order valence-electron chi connectivity index (χ3n) is 6.21. The normalized spacial score (nSPS) is 15.4. The molecule has 10 nitrogen and oxygen atoms in total. The van der Waals surface area contributed by atoms with Crippen LogP contribution in [0.4, 0.5) is 17.1 Å². The molecule has 12 heteroatoms. The van der Waals surface area contributed by atoms with Gasteiger partial charge < -0.3 is 10.6 Å². The molecule has 0 spiro atoms. The molecule has 0 aliphatic carbocycles. The van der Waals surface area contributed by atoms with Crippen LogP contribution in [0.25, 0.3) is 0 Å². The van der Waals surface area contributed by atoms with E-state index in [0.29, 0.717) is 16.4 Å². The summed E-state index contributed by atoms with van der Waals surface area (Å²) in [6, 6.07) is 17.4. The Morgan fingerprint density at radius 1 is 0.925 bits per heavy atom. The van der Waals surface area contributed by atoms with Crippen molar-refractivity contribution in [1.82, 2.24) is 4.31 Å². The molecule has 3 aromatic rings. The van der Waals surface area contributed by atoms with E-state index in [2.05, 4.69) is 10.6 Å². The largest absolute Gasteiger partial charge is 0.326 e. The van der Waals surface area contributed by atoms with Crippen molar-refractivity contribution in [2.75, 3.05) is 22.1 Å². The first-order valence-corrected chi connectivity index (χ1v) is 14.2. The molecule has 0 bridgehead atoms. The first kappa shape index (κ1) is 28.9. The summed E-state index contributed by atoms with van der Waals surface area (Å²) >= 11 is 6.10. The summed E-state index contributed by atoms with van der Waals surface area (Å²) in [5.41, 5.74) is 1.92. The van der Waals surface area contributed by atoms with Crippen LogP contribution in [0.3, 0.4) is 0 Å². The molecule has 0 aromatic heterocycles. The second kappa shape index (κ2) is 12.0. The lowest BCUT2D eigenvalue weighted by Gasteiger charge is -2.27. The molecule has 3 aromatic carbocycles. The van der Waals surface area contributed by atoms with Crippen molar-refractivity contribution in [2.24, 2.45) is 0 Å². The van der Waals surface area contributed by atoms with Gasteiger partial charge in [-0.15, -0.1) is 0 Å². The van der Waals surface area contributed by atoms with Crippen molar-refractivity contribution in [2.45, 2.75) is 37.6 Å². The molecule has 0 saturated carbocycles. The molecule has 1 fully saturated rings. The smallest absolute Gasteiger partial charge is 0.252 e. The zero-order valence-corrected chi connectivity index (χ0v) is 23.3. The maximum Gasteiger partial charge on any atom is 0.252 e. The van der Waals surface area contributed by atoms with Gasteiger partial charge in [-0.1, -0.05) is 23.7 Å². The number of amides is 4. The molecule has 1 atom stereocenters. The summed E-state index contributed by atoms with van der Waals surface area (Å²) < 4.78 is 28.8.